The van der Waals surface area contributed by atoms with E-state index in [-0.39, 0.29) is 24.2 Å². The first-order valence-corrected chi connectivity index (χ1v) is 9.72. The fourth-order valence-corrected chi connectivity index (χ4v) is 4.00. The molecular weight excluding hydrogens is 342 g/mol. The molecule has 1 aromatic carbocycles. The Balaban J connectivity index is 1.59. The molecule has 0 aromatic heterocycles. The molecule has 3 aliphatic rings. The monoisotopic (exact) mass is 369 g/mol. The highest BCUT2D eigenvalue weighted by Gasteiger charge is 2.44. The van der Waals surface area contributed by atoms with Gasteiger partial charge >= 0.3 is 5.97 Å². The molecule has 0 radical (unpaired) electrons. The Kier molecular flexibility index (Phi) is 5.57. The number of carbonyl (C=O) groups is 1. The van der Waals surface area contributed by atoms with Crippen molar-refractivity contribution < 1.29 is 14.3 Å². The Morgan fingerprint density at radius 2 is 2.04 bits per heavy atom. The summed E-state index contributed by atoms with van der Waals surface area (Å²) in [6.07, 6.45) is 6.45. The molecule has 3 heterocycles. The highest BCUT2D eigenvalue weighted by Crippen LogP contribution is 2.29. The van der Waals surface area contributed by atoms with Crippen molar-refractivity contribution in [2.75, 3.05) is 39.5 Å². The van der Waals surface area contributed by atoms with Crippen LogP contribution >= 0.6 is 0 Å². The first kappa shape index (κ1) is 18.2. The smallest absolute Gasteiger partial charge is 0.325 e. The number of ether oxygens (including phenoxy) is 2. The fraction of sp³-hybridized carbons (Fsp3) is 0.476. The van der Waals surface area contributed by atoms with Gasteiger partial charge in [0.15, 0.2) is 0 Å². The molecule has 4 rings (SSSR count). The number of morpholine rings is 1. The Bertz CT molecular complexity index is 713. The summed E-state index contributed by atoms with van der Waals surface area (Å²) in [4.78, 5) is 17.2. The number of allylic oxidation sites excluding steroid dienone is 2. The lowest BCUT2D eigenvalue weighted by Gasteiger charge is -2.35. The van der Waals surface area contributed by atoms with Crippen LogP contribution in [0.4, 0.5) is 0 Å². The summed E-state index contributed by atoms with van der Waals surface area (Å²) in [6.45, 7) is 6.35. The number of carbonyl (C=O) groups excluding carboxylic acids is 1. The van der Waals surface area contributed by atoms with E-state index >= 15 is 0 Å². The second-order valence-electron chi connectivity index (χ2n) is 7.08. The molecular formula is C21H27N3O3. The standard InChI is InChI=1S/C21H27N3O3/c1-2-27-21(25)20-18(15-23-10-12-26-13-11-23)24-14-17(8-9-19(24)22-20)16-6-4-3-5-7-16/h3-9,14,18-20,22H,2,10-13,15H2,1H3. The third-order valence-corrected chi connectivity index (χ3v) is 5.38. The summed E-state index contributed by atoms with van der Waals surface area (Å²) < 4.78 is 10.8. The molecule has 3 aliphatic heterocycles. The van der Waals surface area contributed by atoms with Crippen molar-refractivity contribution >= 4 is 11.5 Å². The van der Waals surface area contributed by atoms with Gasteiger partial charge in [-0.2, -0.15) is 0 Å². The molecule has 1 aromatic rings. The van der Waals surface area contributed by atoms with Crippen LogP contribution in [-0.4, -0.2) is 73.5 Å². The van der Waals surface area contributed by atoms with E-state index in [4.69, 9.17) is 9.47 Å². The number of benzene rings is 1. The van der Waals surface area contributed by atoms with Crippen LogP contribution in [0.3, 0.4) is 0 Å². The van der Waals surface area contributed by atoms with Crippen LogP contribution in [0.5, 0.6) is 0 Å². The summed E-state index contributed by atoms with van der Waals surface area (Å²) in [5.74, 6) is -0.173. The topological polar surface area (TPSA) is 54.0 Å². The minimum atomic E-state index is -0.339. The average Bonchev–Trinajstić information content (AvgIpc) is 3.07. The lowest BCUT2D eigenvalue weighted by atomic mass is 10.0. The summed E-state index contributed by atoms with van der Waals surface area (Å²) in [6, 6.07) is 10.0. The predicted molar refractivity (Wildman–Crippen MR) is 104 cm³/mol. The van der Waals surface area contributed by atoms with Crippen LogP contribution < -0.4 is 5.32 Å². The zero-order valence-electron chi connectivity index (χ0n) is 15.7. The van der Waals surface area contributed by atoms with Gasteiger partial charge in [0.2, 0.25) is 0 Å². The van der Waals surface area contributed by atoms with Crippen LogP contribution in [0.15, 0.2) is 48.7 Å². The molecule has 0 spiro atoms. The van der Waals surface area contributed by atoms with Crippen LogP contribution in [0.1, 0.15) is 12.5 Å². The van der Waals surface area contributed by atoms with Crippen molar-refractivity contribution in [1.29, 1.82) is 0 Å². The number of rotatable bonds is 5. The molecule has 27 heavy (non-hydrogen) atoms. The molecule has 6 nitrogen and oxygen atoms in total. The highest BCUT2D eigenvalue weighted by molar-refractivity contribution is 5.79. The van der Waals surface area contributed by atoms with Crippen LogP contribution in [-0.2, 0) is 14.3 Å². The third-order valence-electron chi connectivity index (χ3n) is 5.38. The van der Waals surface area contributed by atoms with Gasteiger partial charge in [-0.25, -0.2) is 0 Å². The Morgan fingerprint density at radius 3 is 2.78 bits per heavy atom. The predicted octanol–water partition coefficient (Wildman–Crippen LogP) is 1.46. The normalized spacial score (nSPS) is 28.0. The van der Waals surface area contributed by atoms with Gasteiger partial charge in [0.25, 0.3) is 0 Å². The SMILES string of the molecule is CCOC(=O)C1NC2C=CC(c3ccccc3)=CN2C1CN1CCOCC1. The lowest BCUT2D eigenvalue weighted by molar-refractivity contribution is -0.146. The van der Waals surface area contributed by atoms with E-state index in [9.17, 15) is 4.79 Å². The van der Waals surface area contributed by atoms with Gasteiger partial charge in [-0.05, 0) is 24.1 Å². The van der Waals surface area contributed by atoms with Crippen molar-refractivity contribution in [2.24, 2.45) is 0 Å². The van der Waals surface area contributed by atoms with Crippen LogP contribution in [0.25, 0.3) is 5.57 Å². The Labute approximate surface area is 160 Å². The van der Waals surface area contributed by atoms with Crippen molar-refractivity contribution in [3.05, 3.63) is 54.2 Å². The fourth-order valence-electron chi connectivity index (χ4n) is 4.00. The molecule has 0 amide bonds. The maximum absolute atomic E-state index is 12.6. The molecule has 2 saturated heterocycles. The van der Waals surface area contributed by atoms with Gasteiger partial charge in [-0.1, -0.05) is 36.4 Å². The van der Waals surface area contributed by atoms with Gasteiger partial charge in [-0.15, -0.1) is 0 Å². The number of esters is 1. The first-order chi connectivity index (χ1) is 13.3. The second kappa shape index (κ2) is 8.25. The van der Waals surface area contributed by atoms with Crippen LogP contribution in [0.2, 0.25) is 0 Å². The molecule has 144 valence electrons. The van der Waals surface area contributed by atoms with E-state index in [2.05, 4.69) is 45.6 Å². The number of fused-ring (bicyclic) bond motifs is 1. The summed E-state index contributed by atoms with van der Waals surface area (Å²) >= 11 is 0. The minimum absolute atomic E-state index is 0.0120. The van der Waals surface area contributed by atoms with E-state index in [0.29, 0.717) is 6.61 Å². The van der Waals surface area contributed by atoms with Gasteiger partial charge in [-0.3, -0.25) is 15.0 Å². The van der Waals surface area contributed by atoms with Crippen molar-refractivity contribution in [2.45, 2.75) is 25.2 Å². The highest BCUT2D eigenvalue weighted by atomic mass is 16.5. The van der Waals surface area contributed by atoms with Crippen molar-refractivity contribution in [3.8, 4) is 0 Å². The Hall–Kier alpha value is -2.15. The summed E-state index contributed by atoms with van der Waals surface area (Å²) in [5.41, 5.74) is 2.34. The molecule has 0 saturated carbocycles. The molecule has 0 bridgehead atoms. The second-order valence-corrected chi connectivity index (χ2v) is 7.08. The van der Waals surface area contributed by atoms with Gasteiger partial charge in [0.1, 0.15) is 6.04 Å². The van der Waals surface area contributed by atoms with E-state index in [1.807, 2.05) is 25.1 Å². The largest absolute Gasteiger partial charge is 0.465 e. The van der Waals surface area contributed by atoms with Crippen LogP contribution in [0, 0.1) is 0 Å². The molecule has 3 atom stereocenters. The minimum Gasteiger partial charge on any atom is -0.465 e. The molecule has 2 fully saturated rings. The van der Waals surface area contributed by atoms with Crippen molar-refractivity contribution in [3.63, 3.8) is 0 Å². The molecule has 1 N–H and O–H groups in total. The maximum atomic E-state index is 12.6. The first-order valence-electron chi connectivity index (χ1n) is 9.72. The summed E-state index contributed by atoms with van der Waals surface area (Å²) in [5, 5.41) is 3.45. The number of nitrogens with one attached hydrogen (secondary N) is 1. The van der Waals surface area contributed by atoms with E-state index < -0.39 is 0 Å². The zero-order valence-corrected chi connectivity index (χ0v) is 15.7. The molecule has 3 unspecified atom stereocenters. The number of nitrogens with zero attached hydrogens (tertiary/aromatic N) is 2. The Morgan fingerprint density at radius 1 is 1.26 bits per heavy atom. The number of hydrogen-bond acceptors (Lipinski definition) is 6. The lowest BCUT2D eigenvalue weighted by Crippen LogP contribution is -2.50. The van der Waals surface area contributed by atoms with E-state index in [0.717, 1.165) is 38.4 Å². The molecule has 6 heteroatoms. The van der Waals surface area contributed by atoms with Gasteiger partial charge < -0.3 is 14.4 Å². The third kappa shape index (κ3) is 3.93. The molecule has 0 aliphatic carbocycles. The zero-order chi connectivity index (χ0) is 18.6. The van der Waals surface area contributed by atoms with E-state index in [1.54, 1.807) is 0 Å². The van der Waals surface area contributed by atoms with Gasteiger partial charge in [0, 0.05) is 25.8 Å². The maximum Gasteiger partial charge on any atom is 0.325 e. The van der Waals surface area contributed by atoms with Crippen molar-refractivity contribution in [1.82, 2.24) is 15.1 Å². The quantitative estimate of drug-likeness (QED) is 0.793. The summed E-state index contributed by atoms with van der Waals surface area (Å²) in [7, 11) is 0. The number of hydrogen-bond donors (Lipinski definition) is 1. The van der Waals surface area contributed by atoms with E-state index in [1.165, 1.54) is 5.56 Å². The van der Waals surface area contributed by atoms with Gasteiger partial charge in [0.05, 0.1) is 32.0 Å². The average molecular weight is 369 g/mol.